The topological polar surface area (TPSA) is 93.8 Å². The van der Waals surface area contributed by atoms with Gasteiger partial charge in [-0.2, -0.15) is 10.2 Å². The zero-order valence-corrected chi connectivity index (χ0v) is 17.3. The predicted molar refractivity (Wildman–Crippen MR) is 113 cm³/mol. The number of aromatic nitrogens is 4. The molecule has 8 heteroatoms. The highest BCUT2D eigenvalue weighted by Gasteiger charge is 2.24. The lowest BCUT2D eigenvalue weighted by Crippen LogP contribution is -2.32. The van der Waals surface area contributed by atoms with Crippen molar-refractivity contribution in [3.05, 3.63) is 65.2 Å². The number of nitrogens with one attached hydrogen (secondary N) is 2. The first-order chi connectivity index (χ1) is 14.6. The van der Waals surface area contributed by atoms with Crippen LogP contribution in [0.3, 0.4) is 0 Å². The first kappa shape index (κ1) is 19.9. The third-order valence-electron chi connectivity index (χ3n) is 5.52. The molecule has 1 unspecified atom stereocenters. The number of hydrogen-bond acceptors (Lipinski definition) is 4. The zero-order chi connectivity index (χ0) is 21.1. The number of hydrogen-bond donors (Lipinski definition) is 2. The molecular weight excluding hydrogens is 380 g/mol. The number of aryl methyl sites for hydroxylation is 3. The van der Waals surface area contributed by atoms with Crippen molar-refractivity contribution in [2.75, 3.05) is 5.32 Å². The Morgan fingerprint density at radius 1 is 1.00 bits per heavy atom. The molecule has 0 aliphatic heterocycles. The molecule has 8 nitrogen and oxygen atoms in total. The van der Waals surface area contributed by atoms with Crippen molar-refractivity contribution in [1.29, 1.82) is 0 Å². The lowest BCUT2D eigenvalue weighted by Gasteiger charge is -2.27. The summed E-state index contributed by atoms with van der Waals surface area (Å²) >= 11 is 0. The van der Waals surface area contributed by atoms with Crippen LogP contribution in [0.2, 0.25) is 0 Å². The van der Waals surface area contributed by atoms with E-state index in [2.05, 4.69) is 20.8 Å². The van der Waals surface area contributed by atoms with E-state index in [1.54, 1.807) is 33.9 Å². The molecule has 2 N–H and O–H groups in total. The van der Waals surface area contributed by atoms with Crippen molar-refractivity contribution in [2.45, 2.75) is 52.2 Å². The first-order valence-corrected chi connectivity index (χ1v) is 10.4. The quantitative estimate of drug-likeness (QED) is 0.657. The summed E-state index contributed by atoms with van der Waals surface area (Å²) in [5.41, 5.74) is 4.04. The van der Waals surface area contributed by atoms with Crippen LogP contribution >= 0.6 is 0 Å². The molecule has 1 aliphatic carbocycles. The third-order valence-corrected chi connectivity index (χ3v) is 5.52. The summed E-state index contributed by atoms with van der Waals surface area (Å²) in [4.78, 5) is 25.5. The molecule has 2 aromatic heterocycles. The van der Waals surface area contributed by atoms with Gasteiger partial charge in [-0.15, -0.1) is 0 Å². The van der Waals surface area contributed by atoms with Gasteiger partial charge in [-0.25, -0.2) is 0 Å². The second kappa shape index (κ2) is 8.52. The SMILES string of the molecule is CCn1nccc1C(=O)Nc1ccc2c(c1)C(NC(=O)c1ccnn1CC)CCC2. The monoisotopic (exact) mass is 406 g/mol. The number of amides is 2. The Morgan fingerprint density at radius 3 is 2.33 bits per heavy atom. The zero-order valence-electron chi connectivity index (χ0n) is 17.3. The molecule has 1 atom stereocenters. The number of anilines is 1. The largest absolute Gasteiger partial charge is 0.344 e. The molecule has 0 fully saturated rings. The maximum absolute atomic E-state index is 12.8. The van der Waals surface area contributed by atoms with Crippen LogP contribution in [0.25, 0.3) is 0 Å². The number of carbonyl (C=O) groups excluding carboxylic acids is 2. The van der Waals surface area contributed by atoms with Crippen LogP contribution in [0, 0.1) is 0 Å². The van der Waals surface area contributed by atoms with Gasteiger partial charge in [0.25, 0.3) is 11.8 Å². The molecule has 0 bridgehead atoms. The van der Waals surface area contributed by atoms with E-state index in [9.17, 15) is 9.59 Å². The molecule has 0 saturated carbocycles. The number of carbonyl (C=O) groups is 2. The van der Waals surface area contributed by atoms with E-state index < -0.39 is 0 Å². The Morgan fingerprint density at radius 2 is 1.67 bits per heavy atom. The molecule has 1 aliphatic rings. The number of nitrogens with zero attached hydrogens (tertiary/aromatic N) is 4. The minimum absolute atomic E-state index is 0.0977. The Bertz CT molecular complexity index is 1070. The number of rotatable bonds is 6. The van der Waals surface area contributed by atoms with Gasteiger partial charge in [0.1, 0.15) is 11.4 Å². The van der Waals surface area contributed by atoms with Gasteiger partial charge in [-0.3, -0.25) is 19.0 Å². The lowest BCUT2D eigenvalue weighted by atomic mass is 9.87. The molecule has 3 aromatic rings. The van der Waals surface area contributed by atoms with E-state index in [-0.39, 0.29) is 17.9 Å². The fraction of sp³-hybridized carbons (Fsp3) is 0.364. The van der Waals surface area contributed by atoms with Crippen molar-refractivity contribution in [3.8, 4) is 0 Å². The van der Waals surface area contributed by atoms with E-state index >= 15 is 0 Å². The van der Waals surface area contributed by atoms with Crippen molar-refractivity contribution < 1.29 is 9.59 Å². The van der Waals surface area contributed by atoms with Gasteiger partial charge in [0, 0.05) is 31.2 Å². The van der Waals surface area contributed by atoms with Crippen LogP contribution in [0.4, 0.5) is 5.69 Å². The summed E-state index contributed by atoms with van der Waals surface area (Å²) in [6, 6.07) is 9.27. The van der Waals surface area contributed by atoms with Crippen LogP contribution in [-0.4, -0.2) is 31.4 Å². The summed E-state index contributed by atoms with van der Waals surface area (Å²) in [6.07, 6.45) is 6.09. The van der Waals surface area contributed by atoms with Gasteiger partial charge in [0.05, 0.1) is 6.04 Å². The van der Waals surface area contributed by atoms with Gasteiger partial charge >= 0.3 is 0 Å². The smallest absolute Gasteiger partial charge is 0.273 e. The molecule has 30 heavy (non-hydrogen) atoms. The minimum atomic E-state index is -0.197. The Balaban J connectivity index is 1.54. The third kappa shape index (κ3) is 3.85. The highest BCUT2D eigenvalue weighted by atomic mass is 16.2. The average Bonchev–Trinajstić information content (AvgIpc) is 3.43. The molecule has 4 rings (SSSR count). The van der Waals surface area contributed by atoms with Crippen LogP contribution in [0.1, 0.15) is 64.8 Å². The fourth-order valence-electron chi connectivity index (χ4n) is 4.01. The molecular formula is C22H26N6O2. The molecule has 156 valence electrons. The summed E-state index contributed by atoms with van der Waals surface area (Å²) in [5.74, 6) is -0.328. The van der Waals surface area contributed by atoms with E-state index in [1.165, 1.54) is 5.56 Å². The minimum Gasteiger partial charge on any atom is -0.344 e. The molecule has 0 radical (unpaired) electrons. The standard InChI is InChI=1S/C22H26N6O2/c1-3-27-19(10-12-23-27)21(29)25-16-9-8-15-6-5-7-18(17(15)14-16)26-22(30)20-11-13-24-28(20)4-2/h8-14,18H,3-7H2,1-2H3,(H,25,29)(H,26,30). The maximum Gasteiger partial charge on any atom is 0.273 e. The van der Waals surface area contributed by atoms with Gasteiger partial charge < -0.3 is 10.6 Å². The van der Waals surface area contributed by atoms with Crippen LogP contribution < -0.4 is 10.6 Å². The van der Waals surface area contributed by atoms with Gasteiger partial charge in [0.2, 0.25) is 0 Å². The van der Waals surface area contributed by atoms with E-state index in [1.807, 2.05) is 32.0 Å². The number of benzene rings is 1. The Hall–Kier alpha value is -3.42. The molecule has 2 heterocycles. The first-order valence-electron chi connectivity index (χ1n) is 10.4. The molecule has 1 aromatic carbocycles. The second-order valence-corrected chi connectivity index (χ2v) is 7.35. The lowest BCUT2D eigenvalue weighted by molar-refractivity contribution is 0.0921. The van der Waals surface area contributed by atoms with Crippen LogP contribution in [-0.2, 0) is 19.5 Å². The highest BCUT2D eigenvalue weighted by Crippen LogP contribution is 2.32. The summed E-state index contributed by atoms with van der Waals surface area (Å²) in [6.45, 7) is 5.17. The summed E-state index contributed by atoms with van der Waals surface area (Å²) in [5, 5.41) is 14.4. The molecule has 2 amide bonds. The Kier molecular flexibility index (Phi) is 5.65. The van der Waals surface area contributed by atoms with Gasteiger partial charge in [-0.05, 0) is 68.5 Å². The van der Waals surface area contributed by atoms with Gasteiger partial charge in [0.15, 0.2) is 0 Å². The van der Waals surface area contributed by atoms with E-state index in [0.29, 0.717) is 30.2 Å². The van der Waals surface area contributed by atoms with E-state index in [0.717, 1.165) is 24.8 Å². The number of fused-ring (bicyclic) bond motifs is 1. The summed E-state index contributed by atoms with van der Waals surface area (Å²) < 4.78 is 3.35. The van der Waals surface area contributed by atoms with Crippen LogP contribution in [0.5, 0.6) is 0 Å². The predicted octanol–water partition coefficient (Wildman–Crippen LogP) is 3.18. The van der Waals surface area contributed by atoms with Crippen molar-refractivity contribution in [2.24, 2.45) is 0 Å². The van der Waals surface area contributed by atoms with Gasteiger partial charge in [-0.1, -0.05) is 6.07 Å². The molecule has 0 spiro atoms. The fourth-order valence-corrected chi connectivity index (χ4v) is 4.01. The summed E-state index contributed by atoms with van der Waals surface area (Å²) in [7, 11) is 0. The maximum atomic E-state index is 12.8. The normalized spacial score (nSPS) is 15.5. The molecule has 0 saturated heterocycles. The van der Waals surface area contributed by atoms with Crippen molar-refractivity contribution >= 4 is 17.5 Å². The Labute approximate surface area is 175 Å². The average molecular weight is 406 g/mol. The van der Waals surface area contributed by atoms with E-state index in [4.69, 9.17) is 0 Å². The van der Waals surface area contributed by atoms with Crippen molar-refractivity contribution in [3.63, 3.8) is 0 Å². The van der Waals surface area contributed by atoms with Crippen molar-refractivity contribution in [1.82, 2.24) is 24.9 Å². The van der Waals surface area contributed by atoms with Crippen LogP contribution in [0.15, 0.2) is 42.7 Å². The second-order valence-electron chi connectivity index (χ2n) is 7.35. The highest BCUT2D eigenvalue weighted by molar-refractivity contribution is 6.03.